The van der Waals surface area contributed by atoms with Crippen LogP contribution < -0.4 is 0 Å². The van der Waals surface area contributed by atoms with Crippen molar-refractivity contribution >= 4 is 5.91 Å². The van der Waals surface area contributed by atoms with Crippen LogP contribution in [-0.4, -0.2) is 46.6 Å². The number of rotatable bonds is 27. The van der Waals surface area contributed by atoms with Gasteiger partial charge in [0.05, 0.1) is 0 Å². The lowest BCUT2D eigenvalue weighted by molar-refractivity contribution is -0.134. The van der Waals surface area contributed by atoms with Crippen molar-refractivity contribution in [1.82, 2.24) is 4.90 Å². The minimum Gasteiger partial charge on any atom is -0.412 e. The Kier molecular flexibility index (Phi) is 37.0. The number of hydrogen-bond donors (Lipinski definition) is 1. The monoisotopic (exact) mass is 503 g/mol. The highest BCUT2D eigenvalue weighted by Crippen LogP contribution is 2.14. The molecule has 0 aromatic heterocycles. The molecular weight excluding hydrogens is 438 g/mol. The van der Waals surface area contributed by atoms with E-state index in [1.54, 1.807) is 0 Å². The summed E-state index contributed by atoms with van der Waals surface area (Å²) >= 11 is 0. The Morgan fingerprint density at radius 1 is 0.457 bits per heavy atom. The van der Waals surface area contributed by atoms with Crippen LogP contribution in [0.15, 0.2) is 0 Å². The Morgan fingerprint density at radius 2 is 0.686 bits per heavy atom. The summed E-state index contributed by atoms with van der Waals surface area (Å²) in [6.45, 7) is 5.87. The fourth-order valence-corrected chi connectivity index (χ4v) is 4.75. The number of nitrogens with zero attached hydrogens (tertiary/aromatic N) is 1. The van der Waals surface area contributed by atoms with Gasteiger partial charge in [0.2, 0.25) is 5.91 Å². The molecule has 5 N–H and O–H groups in total. The smallest absolute Gasteiger partial charge is 0.248 e. The second-order valence-electron chi connectivity index (χ2n) is 10.3. The summed E-state index contributed by atoms with van der Waals surface area (Å²) in [4.78, 5) is 14.0. The lowest BCUT2D eigenvalue weighted by Gasteiger charge is -2.22. The lowest BCUT2D eigenvalue weighted by atomic mass is 10.0. The van der Waals surface area contributed by atoms with E-state index in [0.29, 0.717) is 0 Å². The minimum atomic E-state index is -0.337. The second kappa shape index (κ2) is 33.4. The Morgan fingerprint density at radius 3 is 0.914 bits per heavy atom. The molecule has 0 aromatic rings. The van der Waals surface area contributed by atoms with Crippen molar-refractivity contribution in [3.63, 3.8) is 0 Å². The van der Waals surface area contributed by atoms with Gasteiger partial charge in [0, 0.05) is 13.1 Å². The van der Waals surface area contributed by atoms with E-state index in [9.17, 15) is 9.90 Å². The number of amides is 1. The molecule has 5 heteroatoms. The molecule has 0 saturated carbocycles. The van der Waals surface area contributed by atoms with Crippen LogP contribution in [0.2, 0.25) is 0 Å². The maximum Gasteiger partial charge on any atom is 0.248 e. The van der Waals surface area contributed by atoms with E-state index in [2.05, 4.69) is 13.8 Å². The van der Waals surface area contributed by atoms with E-state index in [-0.39, 0.29) is 23.5 Å². The molecule has 0 spiro atoms. The highest BCUT2D eigenvalue weighted by molar-refractivity contribution is 5.77. The second-order valence-corrected chi connectivity index (χ2v) is 10.3. The Hall–Kier alpha value is -0.650. The normalized spacial score (nSPS) is 10.6. The molecule has 0 aliphatic carbocycles. The van der Waals surface area contributed by atoms with Crippen LogP contribution in [-0.2, 0) is 4.79 Å². The summed E-state index contributed by atoms with van der Waals surface area (Å²) in [7, 11) is 0. The van der Waals surface area contributed by atoms with Crippen molar-refractivity contribution in [2.75, 3.05) is 19.7 Å². The zero-order valence-corrected chi connectivity index (χ0v) is 23.9. The predicted octanol–water partition coefficient (Wildman–Crippen LogP) is 7.56. The van der Waals surface area contributed by atoms with E-state index in [1.807, 2.05) is 4.90 Å². The molecule has 0 aliphatic heterocycles. The zero-order valence-electron chi connectivity index (χ0n) is 23.9. The van der Waals surface area contributed by atoms with E-state index in [4.69, 9.17) is 0 Å². The molecule has 0 bridgehead atoms. The van der Waals surface area contributed by atoms with Gasteiger partial charge < -0.3 is 21.0 Å². The minimum absolute atomic E-state index is 0. The molecule has 0 atom stereocenters. The SMILES string of the molecule is CCCCCCCCCCCCCCN(CCCCCCCCCCCCCC)C(=O)CO.O.O. The van der Waals surface area contributed by atoms with Gasteiger partial charge in [0.15, 0.2) is 0 Å². The van der Waals surface area contributed by atoms with Gasteiger partial charge in [0.25, 0.3) is 0 Å². The molecule has 0 unspecified atom stereocenters. The largest absolute Gasteiger partial charge is 0.412 e. The number of hydrogen-bond acceptors (Lipinski definition) is 2. The van der Waals surface area contributed by atoms with Crippen molar-refractivity contribution in [1.29, 1.82) is 0 Å². The van der Waals surface area contributed by atoms with Crippen LogP contribution >= 0.6 is 0 Å². The first kappa shape index (κ1) is 38.9. The zero-order chi connectivity index (χ0) is 24.2. The predicted molar refractivity (Wildman–Crippen MR) is 153 cm³/mol. The molecular formula is C30H65NO4. The first-order valence-corrected chi connectivity index (χ1v) is 15.1. The Balaban J connectivity index is -0.00000512. The number of aliphatic hydroxyl groups is 1. The van der Waals surface area contributed by atoms with E-state index >= 15 is 0 Å². The average Bonchev–Trinajstić information content (AvgIpc) is 2.83. The van der Waals surface area contributed by atoms with Gasteiger partial charge in [-0.1, -0.05) is 155 Å². The third-order valence-electron chi connectivity index (χ3n) is 7.05. The summed E-state index contributed by atoms with van der Waals surface area (Å²) in [5.41, 5.74) is 0. The molecule has 0 saturated heterocycles. The Labute approximate surface area is 219 Å². The fourth-order valence-electron chi connectivity index (χ4n) is 4.75. The van der Waals surface area contributed by atoms with Gasteiger partial charge in [-0.2, -0.15) is 0 Å². The molecule has 0 radical (unpaired) electrons. The number of carbonyl (C=O) groups excluding carboxylic acids is 1. The van der Waals surface area contributed by atoms with Crippen LogP contribution in [0.25, 0.3) is 0 Å². The molecule has 0 rings (SSSR count). The standard InChI is InChI=1S/C30H61NO2.2H2O/c1-3-5-7-9-11-13-15-17-19-21-23-25-27-31(30(33)29-32)28-26-24-22-20-18-16-14-12-10-8-6-4-2;;/h32H,3-29H2,1-2H3;2*1H2. The van der Waals surface area contributed by atoms with Crippen LogP contribution in [0.5, 0.6) is 0 Å². The van der Waals surface area contributed by atoms with Crippen molar-refractivity contribution in [2.45, 2.75) is 168 Å². The van der Waals surface area contributed by atoms with Gasteiger partial charge in [-0.15, -0.1) is 0 Å². The van der Waals surface area contributed by atoms with Gasteiger partial charge in [-0.25, -0.2) is 0 Å². The van der Waals surface area contributed by atoms with Crippen molar-refractivity contribution in [3.05, 3.63) is 0 Å². The molecule has 5 nitrogen and oxygen atoms in total. The van der Waals surface area contributed by atoms with Crippen LogP contribution in [0.1, 0.15) is 168 Å². The highest BCUT2D eigenvalue weighted by Gasteiger charge is 2.11. The number of aliphatic hydroxyl groups excluding tert-OH is 1. The van der Waals surface area contributed by atoms with Crippen LogP contribution in [0.4, 0.5) is 0 Å². The van der Waals surface area contributed by atoms with Gasteiger partial charge in [-0.3, -0.25) is 4.79 Å². The molecule has 0 aromatic carbocycles. The first-order valence-electron chi connectivity index (χ1n) is 15.1. The number of unbranched alkanes of at least 4 members (excludes halogenated alkanes) is 22. The molecule has 0 aliphatic rings. The molecule has 214 valence electrons. The summed E-state index contributed by atoms with van der Waals surface area (Å²) in [6, 6.07) is 0. The third-order valence-corrected chi connectivity index (χ3v) is 7.05. The summed E-state index contributed by atoms with van der Waals surface area (Å²) in [6.07, 6.45) is 32.1. The van der Waals surface area contributed by atoms with E-state index in [1.165, 1.54) is 141 Å². The average molecular weight is 504 g/mol. The maximum absolute atomic E-state index is 12.1. The molecule has 35 heavy (non-hydrogen) atoms. The third kappa shape index (κ3) is 29.5. The van der Waals surface area contributed by atoms with Crippen molar-refractivity contribution < 1.29 is 20.9 Å². The van der Waals surface area contributed by atoms with Gasteiger partial charge in [-0.05, 0) is 12.8 Å². The van der Waals surface area contributed by atoms with Gasteiger partial charge >= 0.3 is 0 Å². The number of carbonyl (C=O) groups is 1. The Bertz CT molecular complexity index is 365. The van der Waals surface area contributed by atoms with Crippen molar-refractivity contribution in [2.24, 2.45) is 0 Å². The quantitative estimate of drug-likeness (QED) is 0.117. The molecule has 0 heterocycles. The summed E-state index contributed by atoms with van der Waals surface area (Å²) in [5.74, 6) is -0.0823. The van der Waals surface area contributed by atoms with E-state index < -0.39 is 0 Å². The van der Waals surface area contributed by atoms with Gasteiger partial charge in [0.1, 0.15) is 6.61 Å². The lowest BCUT2D eigenvalue weighted by Crippen LogP contribution is -2.35. The highest BCUT2D eigenvalue weighted by atomic mass is 16.3. The first-order chi connectivity index (χ1) is 16.3. The maximum atomic E-state index is 12.1. The van der Waals surface area contributed by atoms with Crippen molar-refractivity contribution in [3.8, 4) is 0 Å². The summed E-state index contributed by atoms with van der Waals surface area (Å²) in [5, 5.41) is 9.30. The topological polar surface area (TPSA) is 104 Å². The molecule has 1 amide bonds. The van der Waals surface area contributed by atoms with Crippen LogP contribution in [0.3, 0.4) is 0 Å². The van der Waals surface area contributed by atoms with E-state index in [0.717, 1.165) is 25.9 Å². The fraction of sp³-hybridized carbons (Fsp3) is 0.967. The molecule has 0 fully saturated rings. The summed E-state index contributed by atoms with van der Waals surface area (Å²) < 4.78 is 0. The van der Waals surface area contributed by atoms with Crippen LogP contribution in [0, 0.1) is 0 Å².